The highest BCUT2D eigenvalue weighted by atomic mass is 31.2. The molecule has 70 valence electrons. The predicted molar refractivity (Wildman–Crippen MR) is 52.3 cm³/mol. The molecule has 0 unspecified atom stereocenters. The maximum atomic E-state index is 10.9. The molecule has 0 spiro atoms. The molecule has 0 amide bonds. The van der Waals surface area contributed by atoms with E-state index in [4.69, 9.17) is 9.79 Å². The van der Waals surface area contributed by atoms with Gasteiger partial charge in [0.05, 0.1) is 5.31 Å². The zero-order chi connectivity index (χ0) is 10.1. The Bertz CT molecular complexity index is 378. The van der Waals surface area contributed by atoms with Gasteiger partial charge in [-0.05, 0) is 18.1 Å². The van der Waals surface area contributed by atoms with Crippen LogP contribution < -0.4 is 0 Å². The smallest absolute Gasteiger partial charge is 0.321 e. The van der Waals surface area contributed by atoms with E-state index in [0.29, 0.717) is 5.56 Å². The Kier molecular flexibility index (Phi) is 2.71. The summed E-state index contributed by atoms with van der Waals surface area (Å²) in [5.74, 6) is 0. The highest BCUT2D eigenvalue weighted by Crippen LogP contribution is 2.50. The lowest BCUT2D eigenvalue weighted by atomic mass is 10.1. The van der Waals surface area contributed by atoms with Crippen LogP contribution >= 0.6 is 7.60 Å². The van der Waals surface area contributed by atoms with Crippen molar-refractivity contribution in [1.29, 1.82) is 0 Å². The maximum Gasteiger partial charge on any atom is 0.356 e. The molecular formula is C9H11O3P. The lowest BCUT2D eigenvalue weighted by Crippen LogP contribution is -1.88. The van der Waals surface area contributed by atoms with E-state index in [0.717, 1.165) is 5.56 Å². The van der Waals surface area contributed by atoms with Gasteiger partial charge in [0.15, 0.2) is 0 Å². The summed E-state index contributed by atoms with van der Waals surface area (Å²) >= 11 is 0. The maximum absolute atomic E-state index is 10.9. The summed E-state index contributed by atoms with van der Waals surface area (Å²) < 4.78 is 10.9. The predicted octanol–water partition coefficient (Wildman–Crippen LogP) is 2.14. The van der Waals surface area contributed by atoms with Crippen molar-refractivity contribution >= 4 is 12.9 Å². The van der Waals surface area contributed by atoms with E-state index in [1.807, 2.05) is 6.07 Å². The first-order chi connectivity index (χ1) is 5.93. The van der Waals surface area contributed by atoms with Gasteiger partial charge in [0.2, 0.25) is 0 Å². The Morgan fingerprint density at radius 1 is 1.38 bits per heavy atom. The summed E-state index contributed by atoms with van der Waals surface area (Å²) in [6, 6.07) is 6.97. The Morgan fingerprint density at radius 3 is 2.38 bits per heavy atom. The first-order valence-corrected chi connectivity index (χ1v) is 5.35. The van der Waals surface area contributed by atoms with Gasteiger partial charge in [0.1, 0.15) is 0 Å². The average molecular weight is 198 g/mol. The van der Waals surface area contributed by atoms with E-state index >= 15 is 0 Å². The second-order valence-corrected chi connectivity index (χ2v) is 4.43. The van der Waals surface area contributed by atoms with Crippen LogP contribution in [-0.4, -0.2) is 9.79 Å². The molecule has 0 atom stereocenters. The summed E-state index contributed by atoms with van der Waals surface area (Å²) in [7, 11) is -4.20. The molecule has 4 heteroatoms. The molecule has 0 aromatic heterocycles. The standard InChI is InChI=1S/C9H11O3P/c1-7-5-3-4-6-9(7)8(2)13(10,11)12/h3-6H,2H2,1H3,(H2,10,11,12). The monoisotopic (exact) mass is 198 g/mol. The minimum absolute atomic E-state index is 0.120. The van der Waals surface area contributed by atoms with Gasteiger partial charge in [-0.3, -0.25) is 4.57 Å². The molecule has 1 aromatic carbocycles. The fourth-order valence-corrected chi connectivity index (χ4v) is 1.62. The van der Waals surface area contributed by atoms with Crippen LogP contribution in [0.25, 0.3) is 5.31 Å². The lowest BCUT2D eigenvalue weighted by molar-refractivity contribution is 0.388. The second-order valence-electron chi connectivity index (χ2n) is 2.81. The molecule has 13 heavy (non-hydrogen) atoms. The van der Waals surface area contributed by atoms with Gasteiger partial charge in [0, 0.05) is 0 Å². The largest absolute Gasteiger partial charge is 0.356 e. The molecule has 3 nitrogen and oxygen atoms in total. The fourth-order valence-electron chi connectivity index (χ4n) is 1.05. The number of rotatable bonds is 2. The Balaban J connectivity index is 3.18. The minimum Gasteiger partial charge on any atom is -0.321 e. The van der Waals surface area contributed by atoms with Crippen molar-refractivity contribution in [3.63, 3.8) is 0 Å². The van der Waals surface area contributed by atoms with Crippen molar-refractivity contribution in [1.82, 2.24) is 0 Å². The third-order valence-electron chi connectivity index (χ3n) is 1.81. The molecule has 0 fully saturated rings. The molecule has 0 bridgehead atoms. The van der Waals surface area contributed by atoms with Crippen molar-refractivity contribution in [2.24, 2.45) is 0 Å². The summed E-state index contributed by atoms with van der Waals surface area (Å²) in [5, 5.41) is -0.120. The van der Waals surface area contributed by atoms with Crippen LogP contribution in [0, 0.1) is 6.92 Å². The van der Waals surface area contributed by atoms with E-state index in [-0.39, 0.29) is 5.31 Å². The Hall–Kier alpha value is -0.890. The Morgan fingerprint density at radius 2 is 1.92 bits per heavy atom. The van der Waals surface area contributed by atoms with Crippen LogP contribution in [0.4, 0.5) is 0 Å². The van der Waals surface area contributed by atoms with Crippen LogP contribution in [0.3, 0.4) is 0 Å². The molecule has 0 heterocycles. The molecule has 0 saturated carbocycles. The number of hydrogen-bond acceptors (Lipinski definition) is 1. The molecule has 0 aliphatic heterocycles. The quantitative estimate of drug-likeness (QED) is 0.716. The fraction of sp³-hybridized carbons (Fsp3) is 0.111. The summed E-state index contributed by atoms with van der Waals surface area (Å²) in [6.07, 6.45) is 0. The molecule has 0 saturated heterocycles. The van der Waals surface area contributed by atoms with Gasteiger partial charge in [0.25, 0.3) is 0 Å². The van der Waals surface area contributed by atoms with E-state index in [9.17, 15) is 4.57 Å². The van der Waals surface area contributed by atoms with Gasteiger partial charge in [-0.25, -0.2) is 0 Å². The second kappa shape index (κ2) is 3.46. The SMILES string of the molecule is C=C(c1ccccc1C)P(=O)(O)O. The number of hydrogen-bond donors (Lipinski definition) is 2. The lowest BCUT2D eigenvalue weighted by Gasteiger charge is -2.09. The third kappa shape index (κ3) is 2.28. The van der Waals surface area contributed by atoms with Crippen molar-refractivity contribution in [2.45, 2.75) is 6.92 Å². The summed E-state index contributed by atoms with van der Waals surface area (Å²) in [4.78, 5) is 17.8. The number of aryl methyl sites for hydroxylation is 1. The van der Waals surface area contributed by atoms with Crippen molar-refractivity contribution in [3.8, 4) is 0 Å². The van der Waals surface area contributed by atoms with Gasteiger partial charge >= 0.3 is 7.60 Å². The van der Waals surface area contributed by atoms with Crippen LogP contribution in [0.1, 0.15) is 11.1 Å². The third-order valence-corrected chi connectivity index (χ3v) is 2.75. The van der Waals surface area contributed by atoms with Gasteiger partial charge in [-0.1, -0.05) is 30.8 Å². The molecule has 2 N–H and O–H groups in total. The Labute approximate surface area is 76.9 Å². The highest BCUT2D eigenvalue weighted by Gasteiger charge is 2.20. The molecule has 0 aliphatic rings. The highest BCUT2D eigenvalue weighted by molar-refractivity contribution is 7.63. The average Bonchev–Trinajstić information content (AvgIpc) is 2.02. The van der Waals surface area contributed by atoms with E-state index in [1.54, 1.807) is 25.1 Å². The van der Waals surface area contributed by atoms with E-state index < -0.39 is 7.60 Å². The van der Waals surface area contributed by atoms with Gasteiger partial charge < -0.3 is 9.79 Å². The minimum atomic E-state index is -4.20. The molecule has 1 rings (SSSR count). The first-order valence-electron chi connectivity index (χ1n) is 3.74. The van der Waals surface area contributed by atoms with Crippen LogP contribution in [-0.2, 0) is 4.57 Å². The summed E-state index contributed by atoms with van der Waals surface area (Å²) in [5.41, 5.74) is 1.34. The van der Waals surface area contributed by atoms with Crippen molar-refractivity contribution in [3.05, 3.63) is 42.0 Å². The van der Waals surface area contributed by atoms with Crippen LogP contribution in [0.2, 0.25) is 0 Å². The van der Waals surface area contributed by atoms with E-state index in [2.05, 4.69) is 6.58 Å². The van der Waals surface area contributed by atoms with E-state index in [1.165, 1.54) is 0 Å². The zero-order valence-electron chi connectivity index (χ0n) is 7.27. The molecular weight excluding hydrogens is 187 g/mol. The number of benzene rings is 1. The normalized spacial score (nSPS) is 11.3. The molecule has 1 aromatic rings. The molecule has 0 radical (unpaired) electrons. The topological polar surface area (TPSA) is 57.5 Å². The van der Waals surface area contributed by atoms with Crippen LogP contribution in [0.15, 0.2) is 30.8 Å². The first kappa shape index (κ1) is 10.2. The van der Waals surface area contributed by atoms with Gasteiger partial charge in [-0.15, -0.1) is 0 Å². The van der Waals surface area contributed by atoms with Crippen molar-refractivity contribution < 1.29 is 14.4 Å². The van der Waals surface area contributed by atoms with Crippen LogP contribution in [0.5, 0.6) is 0 Å². The summed E-state index contributed by atoms with van der Waals surface area (Å²) in [6.45, 7) is 5.18. The van der Waals surface area contributed by atoms with Crippen molar-refractivity contribution in [2.75, 3.05) is 0 Å². The molecule has 0 aliphatic carbocycles. The van der Waals surface area contributed by atoms with Gasteiger partial charge in [-0.2, -0.15) is 0 Å². The zero-order valence-corrected chi connectivity index (χ0v) is 8.16.